The molecule has 4 heterocycles. The first-order chi connectivity index (χ1) is 11.9. The lowest BCUT2D eigenvalue weighted by Crippen LogP contribution is -2.24. The van der Waals surface area contributed by atoms with Crippen molar-refractivity contribution in [3.8, 4) is 11.7 Å². The van der Waals surface area contributed by atoms with Crippen molar-refractivity contribution in [2.24, 2.45) is 0 Å². The van der Waals surface area contributed by atoms with Gasteiger partial charge in [-0.05, 0) is 27.7 Å². The van der Waals surface area contributed by atoms with Gasteiger partial charge in [-0.2, -0.15) is 10.2 Å². The van der Waals surface area contributed by atoms with E-state index in [0.29, 0.717) is 28.6 Å². The molecule has 4 rings (SSSR count). The molecule has 25 heavy (non-hydrogen) atoms. The lowest BCUT2D eigenvalue weighted by Gasteiger charge is -2.21. The Morgan fingerprint density at radius 2 is 2.04 bits per heavy atom. The second-order valence-electron chi connectivity index (χ2n) is 6.71. The third-order valence-electron chi connectivity index (χ3n) is 3.82. The van der Waals surface area contributed by atoms with Gasteiger partial charge in [0.25, 0.3) is 5.89 Å². The summed E-state index contributed by atoms with van der Waals surface area (Å²) in [6.45, 7) is 8.33. The van der Waals surface area contributed by atoms with E-state index in [1.54, 1.807) is 18.6 Å². The van der Waals surface area contributed by atoms with Gasteiger partial charge in [0, 0.05) is 0 Å². The molecule has 0 bridgehead atoms. The van der Waals surface area contributed by atoms with E-state index in [0.717, 1.165) is 11.4 Å². The van der Waals surface area contributed by atoms with E-state index >= 15 is 0 Å². The minimum atomic E-state index is -0.109. The number of aromatic nitrogens is 7. The standard InChI is InChI=1S/C16H18N8O/c1-9-10(8-19-24(9)16(2,3)4)20-13-12-11(7-18-23-12)21-14(22-13)15-17-5-6-25-15/h5-8H,1-4H3,(H,18,23)(H,20,21,22). The van der Waals surface area contributed by atoms with Gasteiger partial charge in [-0.1, -0.05) is 0 Å². The molecule has 0 amide bonds. The van der Waals surface area contributed by atoms with Gasteiger partial charge in [-0.25, -0.2) is 15.0 Å². The molecule has 0 unspecified atom stereocenters. The molecular formula is C16H18N8O. The van der Waals surface area contributed by atoms with Crippen molar-refractivity contribution in [3.63, 3.8) is 0 Å². The van der Waals surface area contributed by atoms with Gasteiger partial charge < -0.3 is 9.73 Å². The molecule has 0 saturated carbocycles. The molecule has 9 nitrogen and oxygen atoms in total. The van der Waals surface area contributed by atoms with Crippen molar-refractivity contribution in [2.75, 3.05) is 5.32 Å². The van der Waals surface area contributed by atoms with Crippen molar-refractivity contribution in [3.05, 3.63) is 30.5 Å². The molecular weight excluding hydrogens is 320 g/mol. The lowest BCUT2D eigenvalue weighted by atomic mass is 10.1. The van der Waals surface area contributed by atoms with Gasteiger partial charge in [0.2, 0.25) is 5.82 Å². The Kier molecular flexibility index (Phi) is 3.31. The Balaban J connectivity index is 1.79. The number of aromatic amines is 1. The molecule has 128 valence electrons. The van der Waals surface area contributed by atoms with Gasteiger partial charge in [-0.15, -0.1) is 0 Å². The summed E-state index contributed by atoms with van der Waals surface area (Å²) < 4.78 is 7.28. The van der Waals surface area contributed by atoms with Gasteiger partial charge in [0.1, 0.15) is 17.3 Å². The summed E-state index contributed by atoms with van der Waals surface area (Å²) in [5.41, 5.74) is 3.14. The summed E-state index contributed by atoms with van der Waals surface area (Å²) in [6.07, 6.45) is 6.47. The van der Waals surface area contributed by atoms with Crippen LogP contribution in [-0.4, -0.2) is 34.9 Å². The Bertz CT molecular complexity index is 1020. The van der Waals surface area contributed by atoms with Crippen LogP contribution in [0, 0.1) is 6.92 Å². The summed E-state index contributed by atoms with van der Waals surface area (Å²) >= 11 is 0. The number of nitrogens with zero attached hydrogens (tertiary/aromatic N) is 6. The maximum Gasteiger partial charge on any atom is 0.264 e. The molecule has 2 N–H and O–H groups in total. The first-order valence-electron chi connectivity index (χ1n) is 7.86. The van der Waals surface area contributed by atoms with Crippen LogP contribution in [0.3, 0.4) is 0 Å². The number of oxazole rings is 1. The van der Waals surface area contributed by atoms with E-state index in [4.69, 9.17) is 4.42 Å². The van der Waals surface area contributed by atoms with Crippen LogP contribution in [0.5, 0.6) is 0 Å². The average molecular weight is 338 g/mol. The summed E-state index contributed by atoms with van der Waals surface area (Å²) in [5.74, 6) is 1.34. The average Bonchev–Trinajstić information content (AvgIpc) is 3.27. The van der Waals surface area contributed by atoms with Crippen molar-refractivity contribution >= 4 is 22.5 Å². The maximum absolute atomic E-state index is 5.31. The van der Waals surface area contributed by atoms with Crippen LogP contribution in [0.15, 0.2) is 29.3 Å². The predicted octanol–water partition coefficient (Wildman–Crippen LogP) is 3.01. The lowest BCUT2D eigenvalue weighted by molar-refractivity contribution is 0.348. The van der Waals surface area contributed by atoms with E-state index in [2.05, 4.69) is 56.3 Å². The fourth-order valence-corrected chi connectivity index (χ4v) is 2.70. The number of rotatable bonds is 3. The van der Waals surface area contributed by atoms with Gasteiger partial charge >= 0.3 is 0 Å². The molecule has 0 radical (unpaired) electrons. The molecule has 4 aromatic rings. The molecule has 0 saturated heterocycles. The zero-order valence-electron chi connectivity index (χ0n) is 14.4. The van der Waals surface area contributed by atoms with E-state index < -0.39 is 0 Å². The quantitative estimate of drug-likeness (QED) is 0.590. The zero-order valence-corrected chi connectivity index (χ0v) is 14.4. The Morgan fingerprint density at radius 3 is 2.72 bits per heavy atom. The molecule has 0 fully saturated rings. The number of fused-ring (bicyclic) bond motifs is 1. The predicted molar refractivity (Wildman–Crippen MR) is 92.4 cm³/mol. The van der Waals surface area contributed by atoms with Crippen molar-refractivity contribution in [1.29, 1.82) is 0 Å². The Morgan fingerprint density at radius 1 is 1.20 bits per heavy atom. The highest BCUT2D eigenvalue weighted by atomic mass is 16.3. The number of hydrogen-bond donors (Lipinski definition) is 2. The summed E-state index contributed by atoms with van der Waals surface area (Å²) in [7, 11) is 0. The van der Waals surface area contributed by atoms with Crippen LogP contribution in [0.2, 0.25) is 0 Å². The third-order valence-corrected chi connectivity index (χ3v) is 3.82. The second-order valence-corrected chi connectivity index (χ2v) is 6.71. The van der Waals surface area contributed by atoms with E-state index in [1.165, 1.54) is 6.26 Å². The summed E-state index contributed by atoms with van der Waals surface area (Å²) in [5, 5.41) is 14.8. The first-order valence-corrected chi connectivity index (χ1v) is 7.86. The number of anilines is 2. The van der Waals surface area contributed by atoms with Crippen molar-refractivity contribution in [2.45, 2.75) is 33.2 Å². The molecule has 0 aliphatic rings. The van der Waals surface area contributed by atoms with E-state index in [-0.39, 0.29) is 5.54 Å². The minimum absolute atomic E-state index is 0.109. The third kappa shape index (κ3) is 2.63. The zero-order chi connectivity index (χ0) is 17.6. The van der Waals surface area contributed by atoms with Crippen LogP contribution in [0.4, 0.5) is 11.5 Å². The van der Waals surface area contributed by atoms with Crippen LogP contribution in [0.1, 0.15) is 26.5 Å². The molecule has 9 heteroatoms. The Hall–Kier alpha value is -3.23. The highest BCUT2D eigenvalue weighted by molar-refractivity contribution is 5.88. The van der Waals surface area contributed by atoms with Gasteiger partial charge in [-0.3, -0.25) is 9.78 Å². The van der Waals surface area contributed by atoms with Crippen LogP contribution >= 0.6 is 0 Å². The van der Waals surface area contributed by atoms with Gasteiger partial charge in [0.15, 0.2) is 5.82 Å². The number of H-pyrrole nitrogens is 1. The van der Waals surface area contributed by atoms with E-state index in [9.17, 15) is 0 Å². The molecule has 0 aliphatic carbocycles. The molecule has 0 spiro atoms. The molecule has 4 aromatic heterocycles. The first kappa shape index (κ1) is 15.3. The fraction of sp³-hybridized carbons (Fsp3) is 0.312. The molecule has 0 atom stereocenters. The minimum Gasteiger partial charge on any atom is -0.442 e. The molecule has 0 aliphatic heterocycles. The number of nitrogens with one attached hydrogen (secondary N) is 2. The van der Waals surface area contributed by atoms with Crippen LogP contribution in [-0.2, 0) is 5.54 Å². The van der Waals surface area contributed by atoms with Crippen LogP contribution in [0.25, 0.3) is 22.7 Å². The normalized spacial score (nSPS) is 12.0. The maximum atomic E-state index is 5.31. The smallest absolute Gasteiger partial charge is 0.264 e. The summed E-state index contributed by atoms with van der Waals surface area (Å²) in [6, 6.07) is 0. The van der Waals surface area contributed by atoms with Gasteiger partial charge in [0.05, 0.1) is 35.5 Å². The fourth-order valence-electron chi connectivity index (χ4n) is 2.70. The summed E-state index contributed by atoms with van der Waals surface area (Å²) in [4.78, 5) is 13.1. The monoisotopic (exact) mass is 338 g/mol. The highest BCUT2D eigenvalue weighted by Gasteiger charge is 2.20. The van der Waals surface area contributed by atoms with Crippen molar-refractivity contribution < 1.29 is 4.42 Å². The Labute approximate surface area is 143 Å². The van der Waals surface area contributed by atoms with Crippen molar-refractivity contribution in [1.82, 2.24) is 34.9 Å². The number of hydrogen-bond acceptors (Lipinski definition) is 7. The van der Waals surface area contributed by atoms with Crippen LogP contribution < -0.4 is 5.32 Å². The SMILES string of the molecule is Cc1c(Nc2nc(-c3ncco3)nc3cn[nH]c23)cnn1C(C)(C)C. The van der Waals surface area contributed by atoms with E-state index in [1.807, 2.05) is 11.6 Å². The topological polar surface area (TPSA) is 110 Å². The highest BCUT2D eigenvalue weighted by Crippen LogP contribution is 2.28. The largest absolute Gasteiger partial charge is 0.442 e. The molecule has 0 aromatic carbocycles. The second kappa shape index (κ2) is 5.40.